The van der Waals surface area contributed by atoms with E-state index >= 15 is 0 Å². The van der Waals surface area contributed by atoms with E-state index in [4.69, 9.17) is 5.73 Å². The molecule has 1 unspecified atom stereocenters. The Morgan fingerprint density at radius 3 is 3.06 bits per heavy atom. The van der Waals surface area contributed by atoms with Crippen LogP contribution in [0.25, 0.3) is 0 Å². The van der Waals surface area contributed by atoms with Gasteiger partial charge in [-0.2, -0.15) is 0 Å². The van der Waals surface area contributed by atoms with Gasteiger partial charge in [0.15, 0.2) is 5.82 Å². The van der Waals surface area contributed by atoms with Gasteiger partial charge in [0.1, 0.15) is 0 Å². The number of pyridine rings is 1. The first-order chi connectivity index (χ1) is 7.70. The van der Waals surface area contributed by atoms with E-state index in [1.807, 2.05) is 19.2 Å². The molecule has 0 saturated carbocycles. The first kappa shape index (κ1) is 11.2. The minimum Gasteiger partial charge on any atom is -0.396 e. The number of anilines is 2. The van der Waals surface area contributed by atoms with Crippen molar-refractivity contribution >= 4 is 11.5 Å². The van der Waals surface area contributed by atoms with Crippen molar-refractivity contribution in [2.24, 2.45) is 5.92 Å². The molecule has 16 heavy (non-hydrogen) atoms. The summed E-state index contributed by atoms with van der Waals surface area (Å²) in [5.41, 5.74) is 7.96. The molecule has 0 radical (unpaired) electrons. The number of aromatic nitrogens is 1. The number of nitrogens with zero attached hydrogens (tertiary/aromatic N) is 2. The Kier molecular flexibility index (Phi) is 3.32. The molecule has 1 aromatic rings. The Morgan fingerprint density at radius 2 is 2.38 bits per heavy atom. The highest BCUT2D eigenvalue weighted by Crippen LogP contribution is 2.28. The van der Waals surface area contributed by atoms with Crippen molar-refractivity contribution in [2.45, 2.75) is 33.1 Å². The summed E-state index contributed by atoms with van der Waals surface area (Å²) in [6.07, 6.45) is 5.78. The van der Waals surface area contributed by atoms with Crippen molar-refractivity contribution in [3.63, 3.8) is 0 Å². The van der Waals surface area contributed by atoms with Gasteiger partial charge in [0.2, 0.25) is 0 Å². The van der Waals surface area contributed by atoms with Gasteiger partial charge in [0, 0.05) is 19.3 Å². The van der Waals surface area contributed by atoms with Crippen LogP contribution in [0.2, 0.25) is 0 Å². The molecule has 0 spiro atoms. The molecule has 2 N–H and O–H groups in total. The van der Waals surface area contributed by atoms with E-state index in [0.29, 0.717) is 0 Å². The van der Waals surface area contributed by atoms with Gasteiger partial charge in [-0.25, -0.2) is 4.98 Å². The van der Waals surface area contributed by atoms with Crippen LogP contribution in [0.3, 0.4) is 0 Å². The minimum absolute atomic E-state index is 0.817. The van der Waals surface area contributed by atoms with E-state index in [0.717, 1.165) is 36.1 Å². The number of aryl methyl sites for hydroxylation is 1. The number of nitrogens with two attached hydrogens (primary N) is 1. The van der Waals surface area contributed by atoms with E-state index in [1.165, 1.54) is 19.3 Å². The van der Waals surface area contributed by atoms with Crippen molar-refractivity contribution in [1.29, 1.82) is 0 Å². The highest BCUT2D eigenvalue weighted by molar-refractivity contribution is 5.63. The fourth-order valence-corrected chi connectivity index (χ4v) is 2.52. The molecule has 1 saturated heterocycles. The number of rotatable bonds is 3. The molecule has 88 valence electrons. The number of nitrogen functional groups attached to an aromatic ring is 1. The molecule has 3 nitrogen and oxygen atoms in total. The first-order valence-corrected chi connectivity index (χ1v) is 6.17. The van der Waals surface area contributed by atoms with Crippen LogP contribution in [-0.4, -0.2) is 18.1 Å². The lowest BCUT2D eigenvalue weighted by Crippen LogP contribution is -2.22. The minimum atomic E-state index is 0.817. The van der Waals surface area contributed by atoms with Crippen molar-refractivity contribution in [1.82, 2.24) is 4.98 Å². The third kappa shape index (κ3) is 2.29. The third-order valence-electron chi connectivity index (χ3n) is 3.31. The molecule has 0 aliphatic carbocycles. The van der Waals surface area contributed by atoms with E-state index < -0.39 is 0 Å². The smallest absolute Gasteiger partial charge is 0.151 e. The second-order valence-electron chi connectivity index (χ2n) is 4.81. The Hall–Kier alpha value is -1.25. The summed E-state index contributed by atoms with van der Waals surface area (Å²) in [7, 11) is 0. The molecule has 2 rings (SSSR count). The van der Waals surface area contributed by atoms with Crippen LogP contribution in [-0.2, 0) is 0 Å². The van der Waals surface area contributed by atoms with Crippen molar-refractivity contribution in [3.05, 3.63) is 17.8 Å². The summed E-state index contributed by atoms with van der Waals surface area (Å²) in [4.78, 5) is 6.78. The Balaban J connectivity index is 2.08. The molecule has 2 heterocycles. The van der Waals surface area contributed by atoms with Gasteiger partial charge in [-0.05, 0) is 37.3 Å². The third-order valence-corrected chi connectivity index (χ3v) is 3.31. The molecule has 1 atom stereocenters. The Bertz CT molecular complexity index is 362. The maximum Gasteiger partial charge on any atom is 0.151 e. The predicted molar refractivity (Wildman–Crippen MR) is 68.6 cm³/mol. The molecule has 1 aliphatic heterocycles. The van der Waals surface area contributed by atoms with E-state index in [1.54, 1.807) is 0 Å². The average Bonchev–Trinajstić information content (AvgIpc) is 2.67. The number of hydrogen-bond donors (Lipinski definition) is 1. The summed E-state index contributed by atoms with van der Waals surface area (Å²) in [5.74, 6) is 1.80. The molecule has 0 amide bonds. The topological polar surface area (TPSA) is 42.2 Å². The second-order valence-corrected chi connectivity index (χ2v) is 4.81. The van der Waals surface area contributed by atoms with Crippen molar-refractivity contribution in [3.8, 4) is 0 Å². The zero-order valence-electron chi connectivity index (χ0n) is 10.2. The largest absolute Gasteiger partial charge is 0.396 e. The van der Waals surface area contributed by atoms with Gasteiger partial charge in [-0.1, -0.05) is 13.3 Å². The van der Waals surface area contributed by atoms with Gasteiger partial charge in [-0.15, -0.1) is 0 Å². The zero-order valence-corrected chi connectivity index (χ0v) is 10.2. The van der Waals surface area contributed by atoms with Gasteiger partial charge in [0.25, 0.3) is 0 Å². The van der Waals surface area contributed by atoms with Gasteiger partial charge >= 0.3 is 0 Å². The van der Waals surface area contributed by atoms with Crippen LogP contribution in [0, 0.1) is 12.8 Å². The molecular formula is C13H21N3. The highest BCUT2D eigenvalue weighted by atomic mass is 15.2. The predicted octanol–water partition coefficient (Wildman–Crippen LogP) is 2.60. The Labute approximate surface area is 97.7 Å². The highest BCUT2D eigenvalue weighted by Gasteiger charge is 2.23. The molecule has 0 bridgehead atoms. The maximum atomic E-state index is 6.02. The fraction of sp³-hybridized carbons (Fsp3) is 0.615. The molecule has 1 fully saturated rings. The lowest BCUT2D eigenvalue weighted by atomic mass is 10.0. The lowest BCUT2D eigenvalue weighted by Gasteiger charge is -2.19. The van der Waals surface area contributed by atoms with Crippen molar-refractivity contribution in [2.75, 3.05) is 23.7 Å². The summed E-state index contributed by atoms with van der Waals surface area (Å²) in [5, 5.41) is 0. The summed E-state index contributed by atoms with van der Waals surface area (Å²) in [6.45, 7) is 6.50. The quantitative estimate of drug-likeness (QED) is 0.849. The molecular weight excluding hydrogens is 198 g/mol. The van der Waals surface area contributed by atoms with E-state index in [-0.39, 0.29) is 0 Å². The SMILES string of the molecule is CCCC1CCN(c2ncc(C)cc2N)C1. The van der Waals surface area contributed by atoms with Crippen LogP contribution >= 0.6 is 0 Å². The van der Waals surface area contributed by atoms with E-state index in [2.05, 4.69) is 16.8 Å². The van der Waals surface area contributed by atoms with Gasteiger partial charge in [-0.3, -0.25) is 0 Å². The molecule has 3 heteroatoms. The normalized spacial score (nSPS) is 20.4. The van der Waals surface area contributed by atoms with Crippen LogP contribution in [0.1, 0.15) is 31.7 Å². The molecule has 1 aliphatic rings. The van der Waals surface area contributed by atoms with Crippen LogP contribution in [0.5, 0.6) is 0 Å². The zero-order chi connectivity index (χ0) is 11.5. The fourth-order valence-electron chi connectivity index (χ4n) is 2.52. The Morgan fingerprint density at radius 1 is 1.56 bits per heavy atom. The first-order valence-electron chi connectivity index (χ1n) is 6.17. The van der Waals surface area contributed by atoms with Crippen molar-refractivity contribution < 1.29 is 0 Å². The standard InChI is InChI=1S/C13H21N3/c1-3-4-11-5-6-16(9-11)13-12(14)7-10(2)8-15-13/h7-8,11H,3-6,9,14H2,1-2H3. The summed E-state index contributed by atoms with van der Waals surface area (Å²) in [6, 6.07) is 2.01. The molecule has 0 aromatic carbocycles. The average molecular weight is 219 g/mol. The number of hydrogen-bond acceptors (Lipinski definition) is 3. The summed E-state index contributed by atoms with van der Waals surface area (Å²) >= 11 is 0. The van der Waals surface area contributed by atoms with Crippen LogP contribution < -0.4 is 10.6 Å². The van der Waals surface area contributed by atoms with E-state index in [9.17, 15) is 0 Å². The molecule has 1 aromatic heterocycles. The lowest BCUT2D eigenvalue weighted by molar-refractivity contribution is 0.529. The van der Waals surface area contributed by atoms with Crippen LogP contribution in [0.15, 0.2) is 12.3 Å². The van der Waals surface area contributed by atoms with Gasteiger partial charge in [0.05, 0.1) is 5.69 Å². The monoisotopic (exact) mass is 219 g/mol. The van der Waals surface area contributed by atoms with Crippen LogP contribution in [0.4, 0.5) is 11.5 Å². The summed E-state index contributed by atoms with van der Waals surface area (Å²) < 4.78 is 0. The van der Waals surface area contributed by atoms with Gasteiger partial charge < -0.3 is 10.6 Å². The maximum absolute atomic E-state index is 6.02. The second kappa shape index (κ2) is 4.73.